The van der Waals surface area contributed by atoms with Gasteiger partial charge in [0, 0.05) is 18.6 Å². The molecule has 1 amide bonds. The molecule has 6 heteroatoms. The van der Waals surface area contributed by atoms with Crippen molar-refractivity contribution in [2.75, 3.05) is 33.0 Å². The Balaban J connectivity index is 1.50. The fourth-order valence-corrected chi connectivity index (χ4v) is 3.26. The maximum absolute atomic E-state index is 12.5. The van der Waals surface area contributed by atoms with Crippen molar-refractivity contribution in [2.24, 2.45) is 0 Å². The van der Waals surface area contributed by atoms with E-state index in [0.29, 0.717) is 50.0 Å². The van der Waals surface area contributed by atoms with Crippen molar-refractivity contribution in [3.63, 3.8) is 0 Å². The standard InChI is InChI=1S/C23H29NO5/c1-4-26-14-15-28-19-10-6-5-9-18(19)22(25)24-12-13-27-20-11-7-8-17-16-23(2,3)29-21(17)20/h5-11H,4,12-16H2,1-3H3,(H,24,25). The highest BCUT2D eigenvalue weighted by Crippen LogP contribution is 2.41. The minimum absolute atomic E-state index is 0.198. The molecule has 0 saturated heterocycles. The lowest BCUT2D eigenvalue weighted by atomic mass is 10.0. The topological polar surface area (TPSA) is 66.0 Å². The Labute approximate surface area is 172 Å². The van der Waals surface area contributed by atoms with Crippen molar-refractivity contribution in [1.29, 1.82) is 0 Å². The third kappa shape index (κ3) is 5.64. The molecule has 1 N–H and O–H groups in total. The molecule has 3 rings (SSSR count). The molecule has 1 aliphatic rings. The maximum atomic E-state index is 12.5. The number of benzene rings is 2. The molecule has 6 nitrogen and oxygen atoms in total. The van der Waals surface area contributed by atoms with E-state index in [4.69, 9.17) is 18.9 Å². The molecule has 0 atom stereocenters. The van der Waals surface area contributed by atoms with Crippen molar-refractivity contribution in [1.82, 2.24) is 5.32 Å². The highest BCUT2D eigenvalue weighted by Gasteiger charge is 2.32. The molecule has 0 unspecified atom stereocenters. The molecule has 0 fully saturated rings. The third-order valence-electron chi connectivity index (χ3n) is 4.52. The first-order valence-corrected chi connectivity index (χ1v) is 10.0. The first-order valence-electron chi connectivity index (χ1n) is 10.0. The second-order valence-electron chi connectivity index (χ2n) is 7.43. The number of carbonyl (C=O) groups is 1. The Hall–Kier alpha value is -2.73. The summed E-state index contributed by atoms with van der Waals surface area (Å²) in [5, 5.41) is 2.88. The number of amides is 1. The summed E-state index contributed by atoms with van der Waals surface area (Å²) in [6.07, 6.45) is 0.857. The number of ether oxygens (including phenoxy) is 4. The minimum atomic E-state index is -0.220. The van der Waals surface area contributed by atoms with Crippen LogP contribution in [0.15, 0.2) is 42.5 Å². The van der Waals surface area contributed by atoms with Crippen LogP contribution in [0.25, 0.3) is 0 Å². The number of para-hydroxylation sites is 2. The van der Waals surface area contributed by atoms with Gasteiger partial charge in [-0.2, -0.15) is 0 Å². The number of hydrogen-bond acceptors (Lipinski definition) is 5. The smallest absolute Gasteiger partial charge is 0.255 e. The molecule has 156 valence electrons. The van der Waals surface area contributed by atoms with E-state index in [0.717, 1.165) is 17.7 Å². The molecule has 0 aliphatic carbocycles. The SMILES string of the molecule is CCOCCOc1ccccc1C(=O)NCCOc1cccc2c1OC(C)(C)C2. The second-order valence-corrected chi connectivity index (χ2v) is 7.43. The van der Waals surface area contributed by atoms with Gasteiger partial charge < -0.3 is 24.3 Å². The van der Waals surface area contributed by atoms with Gasteiger partial charge in [0.1, 0.15) is 24.6 Å². The lowest BCUT2D eigenvalue weighted by Crippen LogP contribution is -2.28. The van der Waals surface area contributed by atoms with Crippen molar-refractivity contribution in [3.8, 4) is 17.2 Å². The summed E-state index contributed by atoms with van der Waals surface area (Å²) in [6, 6.07) is 13.1. The summed E-state index contributed by atoms with van der Waals surface area (Å²) >= 11 is 0. The molecule has 0 aromatic heterocycles. The van der Waals surface area contributed by atoms with E-state index in [1.54, 1.807) is 12.1 Å². The quantitative estimate of drug-likeness (QED) is 0.618. The second kappa shape index (κ2) is 9.65. The Bertz CT molecular complexity index is 834. The fourth-order valence-electron chi connectivity index (χ4n) is 3.26. The number of carbonyl (C=O) groups excluding carboxylic acids is 1. The number of fused-ring (bicyclic) bond motifs is 1. The number of rotatable bonds is 10. The molecule has 1 heterocycles. The normalized spacial score (nSPS) is 14.0. The summed E-state index contributed by atoms with van der Waals surface area (Å²) in [5.41, 5.74) is 1.42. The third-order valence-corrected chi connectivity index (χ3v) is 4.52. The largest absolute Gasteiger partial charge is 0.490 e. The average Bonchev–Trinajstić information content (AvgIpc) is 3.03. The van der Waals surface area contributed by atoms with E-state index in [1.807, 2.05) is 31.2 Å². The molecule has 0 spiro atoms. The van der Waals surface area contributed by atoms with E-state index >= 15 is 0 Å². The van der Waals surface area contributed by atoms with Crippen molar-refractivity contribution >= 4 is 5.91 Å². The van der Waals surface area contributed by atoms with Gasteiger partial charge in [-0.15, -0.1) is 0 Å². The summed E-state index contributed by atoms with van der Waals surface area (Å²) in [4.78, 5) is 12.5. The van der Waals surface area contributed by atoms with Gasteiger partial charge in [0.15, 0.2) is 11.5 Å². The van der Waals surface area contributed by atoms with Gasteiger partial charge in [0.05, 0.1) is 18.7 Å². The van der Waals surface area contributed by atoms with Crippen molar-refractivity contribution in [2.45, 2.75) is 32.8 Å². The van der Waals surface area contributed by atoms with E-state index in [2.05, 4.69) is 25.2 Å². The first kappa shape index (κ1) is 21.0. The van der Waals surface area contributed by atoms with Crippen LogP contribution in [0.3, 0.4) is 0 Å². The molecule has 1 aliphatic heterocycles. The van der Waals surface area contributed by atoms with Crippen molar-refractivity contribution in [3.05, 3.63) is 53.6 Å². The monoisotopic (exact) mass is 399 g/mol. The van der Waals surface area contributed by atoms with Crippen LogP contribution < -0.4 is 19.5 Å². The van der Waals surface area contributed by atoms with E-state index in [9.17, 15) is 4.79 Å². The van der Waals surface area contributed by atoms with E-state index in [-0.39, 0.29) is 11.5 Å². The van der Waals surface area contributed by atoms with Crippen LogP contribution in [0.5, 0.6) is 17.2 Å². The zero-order valence-corrected chi connectivity index (χ0v) is 17.3. The highest BCUT2D eigenvalue weighted by atomic mass is 16.5. The predicted octanol–water partition coefficient (Wildman–Crippen LogP) is 3.62. The minimum Gasteiger partial charge on any atom is -0.490 e. The van der Waals surface area contributed by atoms with Gasteiger partial charge in [0.25, 0.3) is 5.91 Å². The van der Waals surface area contributed by atoms with Crippen LogP contribution >= 0.6 is 0 Å². The molecule has 0 saturated carbocycles. The van der Waals surface area contributed by atoms with Crippen LogP contribution in [0, 0.1) is 0 Å². The van der Waals surface area contributed by atoms with Gasteiger partial charge in [-0.1, -0.05) is 24.3 Å². The Morgan fingerprint density at radius 2 is 1.79 bits per heavy atom. The van der Waals surface area contributed by atoms with E-state index < -0.39 is 0 Å². The highest BCUT2D eigenvalue weighted by molar-refractivity contribution is 5.96. The molecule has 2 aromatic rings. The Kier molecular flexibility index (Phi) is 6.99. The van der Waals surface area contributed by atoms with Crippen LogP contribution in [0.4, 0.5) is 0 Å². The van der Waals surface area contributed by atoms with Crippen LogP contribution in [0.2, 0.25) is 0 Å². The maximum Gasteiger partial charge on any atom is 0.255 e. The van der Waals surface area contributed by atoms with Gasteiger partial charge in [-0.25, -0.2) is 0 Å². The summed E-state index contributed by atoms with van der Waals surface area (Å²) < 4.78 is 22.8. The zero-order valence-electron chi connectivity index (χ0n) is 17.3. The molecule has 2 aromatic carbocycles. The van der Waals surface area contributed by atoms with Crippen LogP contribution in [-0.4, -0.2) is 44.5 Å². The summed E-state index contributed by atoms with van der Waals surface area (Å²) in [6.45, 7) is 8.30. The predicted molar refractivity (Wildman–Crippen MR) is 111 cm³/mol. The van der Waals surface area contributed by atoms with Gasteiger partial charge in [-0.05, 0) is 39.0 Å². The van der Waals surface area contributed by atoms with E-state index in [1.165, 1.54) is 0 Å². The fraction of sp³-hybridized carbons (Fsp3) is 0.435. The van der Waals surface area contributed by atoms with Crippen molar-refractivity contribution < 1.29 is 23.7 Å². The molecule has 0 bridgehead atoms. The van der Waals surface area contributed by atoms with Crippen LogP contribution in [-0.2, 0) is 11.2 Å². The summed E-state index contributed by atoms with van der Waals surface area (Å²) in [7, 11) is 0. The average molecular weight is 399 g/mol. The molecular formula is C23H29NO5. The van der Waals surface area contributed by atoms with Gasteiger partial charge >= 0.3 is 0 Å². The lowest BCUT2D eigenvalue weighted by Gasteiger charge is -2.18. The van der Waals surface area contributed by atoms with Crippen LogP contribution in [0.1, 0.15) is 36.7 Å². The first-order chi connectivity index (χ1) is 14.0. The van der Waals surface area contributed by atoms with Gasteiger partial charge in [-0.3, -0.25) is 4.79 Å². The zero-order chi connectivity index (χ0) is 20.7. The Morgan fingerprint density at radius 1 is 1.03 bits per heavy atom. The van der Waals surface area contributed by atoms with Gasteiger partial charge in [0.2, 0.25) is 0 Å². The number of hydrogen-bond donors (Lipinski definition) is 1. The lowest BCUT2D eigenvalue weighted by molar-refractivity contribution is 0.0929. The molecule has 29 heavy (non-hydrogen) atoms. The molecule has 0 radical (unpaired) electrons. The molecular weight excluding hydrogens is 370 g/mol. The summed E-state index contributed by atoms with van der Waals surface area (Å²) in [5.74, 6) is 1.86. The number of nitrogens with one attached hydrogen (secondary N) is 1. The Morgan fingerprint density at radius 3 is 2.62 bits per heavy atom.